The second-order valence-electron chi connectivity index (χ2n) is 27.4. The fourth-order valence-corrected chi connectivity index (χ4v) is 11.9. The molecule has 636 valence electrons. The highest BCUT2D eigenvalue weighted by atomic mass is 16.5. The molecule has 12 atom stereocenters. The van der Waals surface area contributed by atoms with Crippen molar-refractivity contribution < 1.29 is 96.4 Å². The van der Waals surface area contributed by atoms with Gasteiger partial charge in [-0.1, -0.05) is 68.3 Å². The number of aromatic nitrogens is 3. The van der Waals surface area contributed by atoms with Gasteiger partial charge < -0.3 is 133 Å². The zero-order valence-electron chi connectivity index (χ0n) is 64.6. The number of fused-ring (bicyclic) bond motifs is 1. The van der Waals surface area contributed by atoms with Gasteiger partial charge in [0.1, 0.15) is 73.1 Å². The SMILES string of the molecule is CCCC[C@H](NC(=O)[C@H](CO)NC(=O)[C@H](Cc1c[nH]cn1)NC(=O)[C@H](CCC(N)=O)NC(=O)[C@@H](NC(=O)CNC(=O)COCCOCCN)[C@@H](C)O)C(=O)N[C@H]1CCC(=O)NCCCC[C@@H](C(N)=O)NC(=O)[C@H](Cc2c[nH]c3ccccc23)NC(=O)[C@H](CCCNC(=N)N)NC(=O)[C@@H](Cc2ccccc2)NC(=O)[C@H](CC(N)=O)NC1=O. The Morgan fingerprint density at radius 1 is 0.638 bits per heavy atom. The van der Waals surface area contributed by atoms with Crippen molar-refractivity contribution in [3.8, 4) is 0 Å². The maximum Gasteiger partial charge on any atom is 0.246 e. The number of nitrogens with two attached hydrogens (primary N) is 5. The summed E-state index contributed by atoms with van der Waals surface area (Å²) in [6, 6.07) is -3.19. The molecule has 4 aromatic rings. The molecule has 29 N–H and O–H groups in total. The van der Waals surface area contributed by atoms with Crippen LogP contribution in [0.1, 0.15) is 114 Å². The lowest BCUT2D eigenvalue weighted by molar-refractivity contribution is -0.137. The molecule has 43 nitrogen and oxygen atoms in total. The minimum atomic E-state index is -1.94. The van der Waals surface area contributed by atoms with E-state index in [4.69, 9.17) is 43.6 Å². The minimum Gasteiger partial charge on any atom is -0.394 e. The Morgan fingerprint density at radius 3 is 1.92 bits per heavy atom. The maximum absolute atomic E-state index is 14.9. The standard InChI is InChI=1S/C73H109N23O20/c1-3-4-16-47(88-71(113)55(37-97)95-69(111)53(32-43-35-80-39-85-43)93-65(107)49(20-22-56(75)99)90-72(114)61(40(2)98)96-59(102)36-84-60(103)38-116-29-28-115-27-24-74)63(105)89-50-21-23-58(101)81-25-11-10-18-46(62(77)104)86-68(110)52(31-42-34-83-45-17-9-8-15-44(42)45)92-64(106)48(19-12-26-82-73(78)79)87-67(109)51(30-41-13-6-5-7-14-41)91-70(112)54(33-57(76)100)94-66(50)108/h5-9,13-15,17,34-35,39-40,46-55,61,83,97-98H,3-4,10-12,16,18-33,36-38,74H2,1-2H3,(H2,75,99)(H2,76,100)(H2,77,104)(H,80,85)(H,81,101)(H,84,103)(H,86,110)(H,87,109)(H,88,113)(H,89,105)(H,90,114)(H,91,112)(H,92,106)(H,93,107)(H,94,108)(H,95,111)(H,96,102)(H4,78,79,82)/t40-,46+,47+,48+,49+,50+,51-,52+,53+,54+,55+,61+/m1/s1. The monoisotopic (exact) mass is 1630 g/mol. The lowest BCUT2D eigenvalue weighted by Gasteiger charge is -2.28. The number of nitrogens with zero attached hydrogens (tertiary/aromatic N) is 1. The van der Waals surface area contributed by atoms with Crippen LogP contribution >= 0.6 is 0 Å². The van der Waals surface area contributed by atoms with Crippen molar-refractivity contribution in [3.63, 3.8) is 0 Å². The van der Waals surface area contributed by atoms with Crippen molar-refractivity contribution >= 4 is 111 Å². The van der Waals surface area contributed by atoms with Gasteiger partial charge in [0, 0.05) is 75.0 Å². The summed E-state index contributed by atoms with van der Waals surface area (Å²) in [7, 11) is 0. The Bertz CT molecular complexity index is 3980. The number of carbonyl (C=O) groups is 16. The van der Waals surface area contributed by atoms with Crippen LogP contribution in [0.5, 0.6) is 0 Å². The molecule has 3 heterocycles. The maximum atomic E-state index is 14.9. The van der Waals surface area contributed by atoms with E-state index in [1.807, 2.05) is 0 Å². The third kappa shape index (κ3) is 33.8. The number of carbonyl (C=O) groups excluding carboxylic acids is 16. The highest BCUT2D eigenvalue weighted by molar-refractivity contribution is 6.01. The van der Waals surface area contributed by atoms with Gasteiger partial charge in [-0.05, 0) is 75.5 Å². The first-order valence-electron chi connectivity index (χ1n) is 37.9. The van der Waals surface area contributed by atoms with Crippen LogP contribution in [-0.4, -0.2) is 257 Å². The van der Waals surface area contributed by atoms with Gasteiger partial charge in [-0.2, -0.15) is 0 Å². The van der Waals surface area contributed by atoms with Crippen LogP contribution in [-0.2, 0) is 105 Å². The Balaban J connectivity index is 1.42. The van der Waals surface area contributed by atoms with E-state index in [-0.39, 0.29) is 103 Å². The fraction of sp³-hybridized carbons (Fsp3) is 0.534. The summed E-state index contributed by atoms with van der Waals surface area (Å²) in [6.45, 7) is 1.21. The summed E-state index contributed by atoms with van der Waals surface area (Å²) in [5, 5.41) is 64.6. The highest BCUT2D eigenvalue weighted by Gasteiger charge is 2.38. The summed E-state index contributed by atoms with van der Waals surface area (Å²) >= 11 is 0. The largest absolute Gasteiger partial charge is 0.394 e. The molecule has 0 saturated carbocycles. The molecule has 116 heavy (non-hydrogen) atoms. The van der Waals surface area contributed by atoms with Crippen LogP contribution in [0, 0.1) is 5.41 Å². The van der Waals surface area contributed by atoms with Gasteiger partial charge in [-0.15, -0.1) is 0 Å². The van der Waals surface area contributed by atoms with Crippen LogP contribution in [0.4, 0.5) is 0 Å². The molecule has 0 aliphatic carbocycles. The van der Waals surface area contributed by atoms with Crippen molar-refractivity contribution in [2.75, 3.05) is 59.2 Å². The van der Waals surface area contributed by atoms with Crippen LogP contribution in [0.25, 0.3) is 10.9 Å². The summed E-state index contributed by atoms with van der Waals surface area (Å²) in [5.41, 5.74) is 29.7. The molecule has 0 unspecified atom stereocenters. The van der Waals surface area contributed by atoms with Crippen LogP contribution in [0.2, 0.25) is 0 Å². The van der Waals surface area contributed by atoms with E-state index in [1.54, 1.807) is 67.7 Å². The Morgan fingerprint density at radius 2 is 1.26 bits per heavy atom. The zero-order chi connectivity index (χ0) is 85.2. The number of H-pyrrole nitrogens is 2. The molecule has 2 aromatic carbocycles. The number of aliphatic hydroxyl groups is 2. The summed E-state index contributed by atoms with van der Waals surface area (Å²) in [5.74, 6) is -16.8. The van der Waals surface area contributed by atoms with E-state index in [1.165, 1.54) is 12.5 Å². The molecular weight excluding hydrogens is 1520 g/mol. The number of aliphatic hydroxyl groups excluding tert-OH is 2. The number of benzene rings is 2. The minimum absolute atomic E-state index is 0.0224. The van der Waals surface area contributed by atoms with Gasteiger partial charge in [0.25, 0.3) is 0 Å². The summed E-state index contributed by atoms with van der Waals surface area (Å²) in [6.07, 6.45) is -0.857. The second kappa shape index (κ2) is 50.1. The van der Waals surface area contributed by atoms with E-state index in [2.05, 4.69) is 89.4 Å². The Hall–Kier alpha value is -12.2. The van der Waals surface area contributed by atoms with Crippen molar-refractivity contribution in [2.24, 2.45) is 28.7 Å². The van der Waals surface area contributed by atoms with E-state index in [0.29, 0.717) is 28.5 Å². The molecule has 43 heteroatoms. The van der Waals surface area contributed by atoms with Crippen LogP contribution in [0.15, 0.2) is 73.3 Å². The van der Waals surface area contributed by atoms with Crippen molar-refractivity contribution in [1.82, 2.24) is 89.4 Å². The van der Waals surface area contributed by atoms with Gasteiger partial charge in [0.05, 0.1) is 57.5 Å². The lowest BCUT2D eigenvalue weighted by Crippen LogP contribution is -2.62. The normalized spacial score (nSPS) is 19.0. The molecular formula is C73H109N23O20. The van der Waals surface area contributed by atoms with Gasteiger partial charge in [-0.25, -0.2) is 4.98 Å². The van der Waals surface area contributed by atoms with Gasteiger partial charge in [0.2, 0.25) is 94.5 Å². The van der Waals surface area contributed by atoms with Gasteiger partial charge in [-0.3, -0.25) is 82.1 Å². The first-order chi connectivity index (χ1) is 55.4. The number of aromatic amines is 2. The van der Waals surface area contributed by atoms with Crippen molar-refractivity contribution in [2.45, 2.75) is 189 Å². The third-order valence-corrected chi connectivity index (χ3v) is 18.1. The quantitative estimate of drug-likeness (QED) is 0.0111. The van der Waals surface area contributed by atoms with E-state index >= 15 is 0 Å². The number of guanidine groups is 1. The zero-order valence-corrected chi connectivity index (χ0v) is 64.6. The predicted octanol–water partition coefficient (Wildman–Crippen LogP) is -8.11. The molecule has 1 saturated heterocycles. The summed E-state index contributed by atoms with van der Waals surface area (Å²) < 4.78 is 10.3. The van der Waals surface area contributed by atoms with Crippen molar-refractivity contribution in [1.29, 1.82) is 5.41 Å². The lowest BCUT2D eigenvalue weighted by atomic mass is 10.0. The van der Waals surface area contributed by atoms with Crippen LogP contribution < -0.4 is 103 Å². The highest BCUT2D eigenvalue weighted by Crippen LogP contribution is 2.21. The predicted molar refractivity (Wildman–Crippen MR) is 414 cm³/mol. The van der Waals surface area contributed by atoms with Crippen molar-refractivity contribution in [3.05, 3.63) is 90.1 Å². The molecule has 0 bridgehead atoms. The number of para-hydroxylation sites is 1. The average Bonchev–Trinajstić information content (AvgIpc) is 1.73. The summed E-state index contributed by atoms with van der Waals surface area (Å²) in [4.78, 5) is 232. The van der Waals surface area contributed by atoms with E-state index in [0.717, 1.165) is 6.92 Å². The number of unbranched alkanes of at least 4 members (excludes halogenated alkanes) is 1. The first kappa shape index (κ1) is 94.4. The van der Waals surface area contributed by atoms with E-state index < -0.39 is 231 Å². The number of primary amides is 3. The molecule has 1 aliphatic rings. The molecule has 16 amide bonds. The Kier molecular flexibility index (Phi) is 40.8. The number of ether oxygens (including phenoxy) is 2. The average molecular weight is 1630 g/mol. The second-order valence-corrected chi connectivity index (χ2v) is 27.4. The molecule has 2 aromatic heterocycles. The van der Waals surface area contributed by atoms with Gasteiger partial charge in [0.15, 0.2) is 5.96 Å². The smallest absolute Gasteiger partial charge is 0.246 e. The fourth-order valence-electron chi connectivity index (χ4n) is 11.9. The van der Waals surface area contributed by atoms with Crippen LogP contribution in [0.3, 0.4) is 0 Å². The number of hydrogen-bond donors (Lipinski definition) is 24. The van der Waals surface area contributed by atoms with E-state index in [9.17, 15) is 86.9 Å². The third-order valence-electron chi connectivity index (χ3n) is 18.1. The Labute approximate surface area is 667 Å². The number of imidazole rings is 1. The van der Waals surface area contributed by atoms with Gasteiger partial charge >= 0.3 is 0 Å². The first-order valence-corrected chi connectivity index (χ1v) is 37.9. The molecule has 0 radical (unpaired) electrons. The molecule has 1 aliphatic heterocycles. The topological polar surface area (TPSA) is 699 Å². The molecule has 0 spiro atoms. The molecule has 1 fully saturated rings. The number of hydrogen-bond acceptors (Lipinski definition) is 23. The number of amides is 16. The molecule has 5 rings (SSSR count). The number of nitrogens with one attached hydrogen (secondary N) is 17. The number of rotatable bonds is 41.